The Bertz CT molecular complexity index is 2380. The Balaban J connectivity index is 1.11. The van der Waals surface area contributed by atoms with Crippen molar-refractivity contribution in [2.45, 2.75) is 38.5 Å². The minimum Gasteiger partial charge on any atom is -0.0619 e. The Labute approximate surface area is 284 Å². The molecular weight excluding hydrogens is 577 g/mol. The first-order valence-corrected chi connectivity index (χ1v) is 17.1. The zero-order chi connectivity index (χ0) is 32.6. The summed E-state index contributed by atoms with van der Waals surface area (Å²) >= 11 is 0. The van der Waals surface area contributed by atoms with Gasteiger partial charge >= 0.3 is 0 Å². The third-order valence-corrected chi connectivity index (χ3v) is 11.1. The van der Waals surface area contributed by atoms with Crippen molar-refractivity contribution in [1.29, 1.82) is 0 Å². The van der Waals surface area contributed by atoms with E-state index < -0.39 is 0 Å². The lowest BCUT2D eigenvalue weighted by atomic mass is 9.81. The summed E-state index contributed by atoms with van der Waals surface area (Å²) in [4.78, 5) is 0. The van der Waals surface area contributed by atoms with Gasteiger partial charge in [-0.15, -0.1) is 0 Å². The molecule has 0 N–H and O–H groups in total. The first kappa shape index (κ1) is 28.7. The van der Waals surface area contributed by atoms with Crippen LogP contribution in [0, 0.1) is 0 Å². The molecule has 0 unspecified atom stereocenters. The average Bonchev–Trinajstić information content (AvgIpc) is 3.52. The molecule has 0 radical (unpaired) electrons. The van der Waals surface area contributed by atoms with Gasteiger partial charge in [0.2, 0.25) is 0 Å². The first-order valence-electron chi connectivity index (χ1n) is 17.1. The predicted octanol–water partition coefficient (Wildman–Crippen LogP) is 13.0. The van der Waals surface area contributed by atoms with Crippen molar-refractivity contribution in [3.63, 3.8) is 0 Å². The van der Waals surface area contributed by atoms with Gasteiger partial charge in [0.15, 0.2) is 0 Å². The zero-order valence-electron chi connectivity index (χ0n) is 28.0. The van der Waals surface area contributed by atoms with Crippen molar-refractivity contribution >= 4 is 0 Å². The van der Waals surface area contributed by atoms with E-state index in [1.807, 2.05) is 0 Å². The van der Waals surface area contributed by atoms with Crippen LogP contribution in [0.1, 0.15) is 49.9 Å². The predicted molar refractivity (Wildman–Crippen MR) is 203 cm³/mol. The molecule has 0 heterocycles. The highest BCUT2D eigenvalue weighted by molar-refractivity contribution is 5.97. The Morgan fingerprint density at radius 1 is 0.271 bits per heavy atom. The summed E-state index contributed by atoms with van der Waals surface area (Å²) in [6.45, 7) is 9.40. The van der Waals surface area contributed by atoms with E-state index in [1.165, 1.54) is 89.0 Å². The molecule has 230 valence electrons. The van der Waals surface area contributed by atoms with Gasteiger partial charge in [0.25, 0.3) is 0 Å². The average molecular weight is 615 g/mol. The molecule has 0 saturated carbocycles. The van der Waals surface area contributed by atoms with Gasteiger partial charge < -0.3 is 0 Å². The van der Waals surface area contributed by atoms with Crippen LogP contribution in [-0.2, 0) is 10.8 Å². The van der Waals surface area contributed by atoms with Crippen molar-refractivity contribution in [2.24, 2.45) is 0 Å². The largest absolute Gasteiger partial charge is 0.0619 e. The maximum Gasteiger partial charge on any atom is 0.0159 e. The fourth-order valence-electron chi connectivity index (χ4n) is 8.65. The maximum absolute atomic E-state index is 2.36. The van der Waals surface area contributed by atoms with E-state index in [-0.39, 0.29) is 10.8 Å². The lowest BCUT2D eigenvalue weighted by molar-refractivity contribution is 0.660. The first-order chi connectivity index (χ1) is 23.3. The topological polar surface area (TPSA) is 0 Å². The molecular formula is C48H38. The SMILES string of the molecule is CC1(C)c2ccccc2-c2c(-c3ccc(-c4cccc(-c5ccccc5-c5cccc6c5-c5ccccc5C6(C)C)c4)cc3)cccc21. The van der Waals surface area contributed by atoms with E-state index in [4.69, 9.17) is 0 Å². The number of hydrogen-bond acceptors (Lipinski definition) is 0. The summed E-state index contributed by atoms with van der Waals surface area (Å²) in [7, 11) is 0. The van der Waals surface area contributed by atoms with Gasteiger partial charge in [-0.25, -0.2) is 0 Å². The Hall–Kier alpha value is -5.46. The second-order valence-corrected chi connectivity index (χ2v) is 14.5. The van der Waals surface area contributed by atoms with E-state index in [0.29, 0.717) is 0 Å². The minimum atomic E-state index is -0.0254. The fraction of sp³-hybridized carbons (Fsp3) is 0.125. The van der Waals surface area contributed by atoms with Crippen molar-refractivity contribution in [1.82, 2.24) is 0 Å². The molecule has 9 rings (SSSR count). The summed E-state index contributed by atoms with van der Waals surface area (Å²) in [5.41, 5.74) is 21.1. The van der Waals surface area contributed by atoms with Crippen molar-refractivity contribution in [3.8, 4) is 66.8 Å². The van der Waals surface area contributed by atoms with Crippen LogP contribution in [0.3, 0.4) is 0 Å². The summed E-state index contributed by atoms with van der Waals surface area (Å²) < 4.78 is 0. The fourth-order valence-corrected chi connectivity index (χ4v) is 8.65. The molecule has 7 aromatic rings. The van der Waals surface area contributed by atoms with Gasteiger partial charge in [0.1, 0.15) is 0 Å². The second kappa shape index (κ2) is 10.5. The van der Waals surface area contributed by atoms with Crippen LogP contribution >= 0.6 is 0 Å². The van der Waals surface area contributed by atoms with Crippen LogP contribution in [0.25, 0.3) is 66.8 Å². The summed E-state index contributed by atoms with van der Waals surface area (Å²) in [5.74, 6) is 0. The third kappa shape index (κ3) is 4.15. The molecule has 0 amide bonds. The lowest BCUT2D eigenvalue weighted by Gasteiger charge is -2.22. The van der Waals surface area contributed by atoms with Crippen LogP contribution in [0.5, 0.6) is 0 Å². The van der Waals surface area contributed by atoms with E-state index >= 15 is 0 Å². The van der Waals surface area contributed by atoms with E-state index in [2.05, 4.69) is 185 Å². The smallest absolute Gasteiger partial charge is 0.0159 e. The van der Waals surface area contributed by atoms with Crippen LogP contribution in [0.4, 0.5) is 0 Å². The normalized spacial score (nSPS) is 14.6. The molecule has 0 saturated heterocycles. The van der Waals surface area contributed by atoms with Gasteiger partial charge in [0, 0.05) is 10.8 Å². The standard InChI is InChI=1S/C48H38/c1-47(2)41-22-9-7-18-39(41)45-36(20-12-24-43(45)47)32-28-26-31(27-29-32)33-14-11-15-34(30-33)35-16-5-6-17-37(35)38-21-13-25-44-46(38)40-19-8-10-23-42(40)48(44,3)4/h5-30H,1-4H3. The number of benzene rings is 7. The summed E-state index contributed by atoms with van der Waals surface area (Å²) in [6, 6.07) is 58.6. The van der Waals surface area contributed by atoms with Gasteiger partial charge in [-0.05, 0) is 95.1 Å². The number of fused-ring (bicyclic) bond motifs is 6. The summed E-state index contributed by atoms with van der Waals surface area (Å²) in [5, 5.41) is 0. The van der Waals surface area contributed by atoms with E-state index in [1.54, 1.807) is 0 Å². The maximum atomic E-state index is 2.36. The van der Waals surface area contributed by atoms with E-state index in [9.17, 15) is 0 Å². The molecule has 0 atom stereocenters. The third-order valence-electron chi connectivity index (χ3n) is 11.1. The second-order valence-electron chi connectivity index (χ2n) is 14.5. The molecule has 2 aliphatic rings. The van der Waals surface area contributed by atoms with Crippen LogP contribution in [0.2, 0.25) is 0 Å². The van der Waals surface area contributed by atoms with Gasteiger partial charge in [-0.3, -0.25) is 0 Å². The van der Waals surface area contributed by atoms with Crippen LogP contribution in [0.15, 0.2) is 158 Å². The molecule has 48 heavy (non-hydrogen) atoms. The monoisotopic (exact) mass is 614 g/mol. The molecule has 0 spiro atoms. The molecule has 0 nitrogen and oxygen atoms in total. The van der Waals surface area contributed by atoms with Crippen molar-refractivity contribution < 1.29 is 0 Å². The molecule has 0 fully saturated rings. The molecule has 0 aromatic heterocycles. The summed E-state index contributed by atoms with van der Waals surface area (Å²) in [6.07, 6.45) is 0. The van der Waals surface area contributed by atoms with Crippen molar-refractivity contribution in [3.05, 3.63) is 180 Å². The highest BCUT2D eigenvalue weighted by atomic mass is 14.4. The zero-order valence-corrected chi connectivity index (χ0v) is 28.0. The van der Waals surface area contributed by atoms with Crippen molar-refractivity contribution in [2.75, 3.05) is 0 Å². The van der Waals surface area contributed by atoms with Gasteiger partial charge in [-0.1, -0.05) is 179 Å². The molecule has 2 aliphatic carbocycles. The Kier molecular flexibility index (Phi) is 6.30. The van der Waals surface area contributed by atoms with Gasteiger partial charge in [-0.2, -0.15) is 0 Å². The number of rotatable bonds is 4. The molecule has 0 bridgehead atoms. The number of hydrogen-bond donors (Lipinski definition) is 0. The van der Waals surface area contributed by atoms with E-state index in [0.717, 1.165) is 0 Å². The minimum absolute atomic E-state index is 0.00196. The quantitative estimate of drug-likeness (QED) is 0.185. The highest BCUT2D eigenvalue weighted by Gasteiger charge is 2.37. The van der Waals surface area contributed by atoms with Gasteiger partial charge in [0.05, 0.1) is 0 Å². The highest BCUT2D eigenvalue weighted by Crippen LogP contribution is 2.54. The molecule has 0 aliphatic heterocycles. The molecule has 0 heteroatoms. The lowest BCUT2D eigenvalue weighted by Crippen LogP contribution is -2.14. The van der Waals surface area contributed by atoms with Crippen LogP contribution in [-0.4, -0.2) is 0 Å². The Morgan fingerprint density at radius 3 is 1.31 bits per heavy atom. The Morgan fingerprint density at radius 2 is 0.688 bits per heavy atom. The van der Waals surface area contributed by atoms with Crippen LogP contribution < -0.4 is 0 Å². The molecule has 7 aromatic carbocycles.